The first-order valence-electron chi connectivity index (χ1n) is 11.4. The number of hydrogen-bond donors (Lipinski definition) is 2. The van der Waals surface area contributed by atoms with E-state index >= 15 is 0 Å². The minimum absolute atomic E-state index is 0.0669. The molecule has 0 radical (unpaired) electrons. The van der Waals surface area contributed by atoms with Gasteiger partial charge in [-0.3, -0.25) is 9.59 Å². The Morgan fingerprint density at radius 3 is 2.50 bits per heavy atom. The Bertz CT molecular complexity index is 823. The lowest BCUT2D eigenvalue weighted by molar-refractivity contribution is -0.162. The molecule has 1 heterocycles. The van der Waals surface area contributed by atoms with Gasteiger partial charge in [-0.15, -0.1) is 0 Å². The lowest BCUT2D eigenvalue weighted by atomic mass is 9.54. The molecule has 1 aliphatic heterocycles. The molecule has 1 saturated heterocycles. The highest BCUT2D eigenvalue weighted by molar-refractivity contribution is 6.00. The predicted octanol–water partition coefficient (Wildman–Crippen LogP) is 3.23. The van der Waals surface area contributed by atoms with Gasteiger partial charge in [0.05, 0.1) is 23.5 Å². The number of ketones is 2. The van der Waals surface area contributed by atoms with Gasteiger partial charge in [0.25, 0.3) is 0 Å². The molecule has 0 aromatic rings. The van der Waals surface area contributed by atoms with E-state index in [4.69, 9.17) is 4.74 Å². The molecule has 0 spiro atoms. The van der Waals surface area contributed by atoms with Crippen LogP contribution in [-0.2, 0) is 14.3 Å². The van der Waals surface area contributed by atoms with Gasteiger partial charge in [0.2, 0.25) is 0 Å². The number of carbonyl (C=O) groups is 2. The van der Waals surface area contributed by atoms with Crippen molar-refractivity contribution in [1.29, 1.82) is 0 Å². The molecule has 2 N–H and O–H groups in total. The molecule has 30 heavy (non-hydrogen) atoms. The summed E-state index contributed by atoms with van der Waals surface area (Å²) in [4.78, 5) is 26.6. The van der Waals surface area contributed by atoms with Crippen LogP contribution >= 0.6 is 0 Å². The largest absolute Gasteiger partial charge is 0.388 e. The normalized spacial score (nSPS) is 50.3. The van der Waals surface area contributed by atoms with Crippen LogP contribution in [0, 0.1) is 35.5 Å². The van der Waals surface area contributed by atoms with E-state index in [1.807, 2.05) is 26.8 Å². The fourth-order valence-corrected chi connectivity index (χ4v) is 7.17. The molecule has 0 amide bonds. The first-order valence-corrected chi connectivity index (χ1v) is 11.4. The maximum atomic E-state index is 13.9. The monoisotopic (exact) mass is 416 g/mol. The maximum Gasteiger partial charge on any atom is 0.164 e. The molecular formula is C25H36O5. The molecule has 0 aromatic carbocycles. The van der Waals surface area contributed by atoms with E-state index in [0.717, 1.165) is 18.4 Å². The zero-order valence-corrected chi connectivity index (χ0v) is 19.0. The number of fused-ring (bicyclic) bond motifs is 2. The number of rotatable bonds is 3. The highest BCUT2D eigenvalue weighted by Gasteiger charge is 2.71. The third kappa shape index (κ3) is 2.92. The molecule has 0 aromatic heterocycles. The zero-order valence-electron chi connectivity index (χ0n) is 19.0. The van der Waals surface area contributed by atoms with Gasteiger partial charge >= 0.3 is 0 Å². The second-order valence-corrected chi connectivity index (χ2v) is 10.9. The van der Waals surface area contributed by atoms with Crippen molar-refractivity contribution in [3.63, 3.8) is 0 Å². The molecule has 5 heteroatoms. The minimum atomic E-state index is -1.30. The van der Waals surface area contributed by atoms with Crippen LogP contribution in [0.25, 0.3) is 0 Å². The van der Waals surface area contributed by atoms with Gasteiger partial charge in [-0.25, -0.2) is 0 Å². The fraction of sp³-hybridized carbons (Fsp3) is 0.760. The summed E-state index contributed by atoms with van der Waals surface area (Å²) >= 11 is 0. The number of Topliss-reactive ketones (excluding diaryl/α,β-unsaturated/α-hetero) is 2. The van der Waals surface area contributed by atoms with Crippen LogP contribution in [0.3, 0.4) is 0 Å². The minimum Gasteiger partial charge on any atom is -0.388 e. The van der Waals surface area contributed by atoms with Gasteiger partial charge in [0, 0.05) is 5.92 Å². The quantitative estimate of drug-likeness (QED) is 0.690. The summed E-state index contributed by atoms with van der Waals surface area (Å²) in [7, 11) is 0. The van der Waals surface area contributed by atoms with Crippen molar-refractivity contribution in [1.82, 2.24) is 0 Å². The summed E-state index contributed by atoms with van der Waals surface area (Å²) in [6, 6.07) is 0. The van der Waals surface area contributed by atoms with Crippen LogP contribution in [-0.4, -0.2) is 45.2 Å². The Balaban J connectivity index is 1.78. The first-order chi connectivity index (χ1) is 13.9. The molecular weight excluding hydrogens is 380 g/mol. The highest BCUT2D eigenvalue weighted by Crippen LogP contribution is 2.61. The van der Waals surface area contributed by atoms with E-state index < -0.39 is 35.2 Å². The van der Waals surface area contributed by atoms with Crippen molar-refractivity contribution in [2.75, 3.05) is 0 Å². The van der Waals surface area contributed by atoms with Crippen molar-refractivity contribution in [3.8, 4) is 0 Å². The van der Waals surface area contributed by atoms with Gasteiger partial charge in [0.1, 0.15) is 17.5 Å². The van der Waals surface area contributed by atoms with E-state index in [-0.39, 0.29) is 35.7 Å². The summed E-state index contributed by atoms with van der Waals surface area (Å²) in [5.74, 6) is -1.04. The summed E-state index contributed by atoms with van der Waals surface area (Å²) in [6.07, 6.45) is 4.23. The average Bonchev–Trinajstić information content (AvgIpc) is 3.21. The number of ether oxygens (including phenoxy) is 1. The standard InChI is InChI=1S/C25H36O5/c1-12(2)9-19-25(29)15(5)16-8-7-13(3)20(16)22(28)23(25)24(6,30-19)11-17-18(26)10-14(4)21(17)27/h9-10,13,15-20,23,26,29H,7-8,11H2,1-6H3/t13-,15-,16-,17+,18-,19+,20+,23-,24-,25-/m0/s1. The highest BCUT2D eigenvalue weighted by atomic mass is 16.5. The number of aliphatic hydroxyl groups excluding tert-OH is 1. The van der Waals surface area contributed by atoms with Gasteiger partial charge in [0.15, 0.2) is 5.78 Å². The Labute approximate surface area is 179 Å². The third-order valence-corrected chi connectivity index (χ3v) is 8.61. The zero-order chi connectivity index (χ0) is 22.2. The second-order valence-electron chi connectivity index (χ2n) is 10.9. The summed E-state index contributed by atoms with van der Waals surface area (Å²) in [6.45, 7) is 11.7. The van der Waals surface area contributed by atoms with E-state index in [1.165, 1.54) is 0 Å². The maximum absolute atomic E-state index is 13.9. The average molecular weight is 417 g/mol. The first kappa shape index (κ1) is 21.9. The van der Waals surface area contributed by atoms with Crippen molar-refractivity contribution >= 4 is 11.6 Å². The van der Waals surface area contributed by atoms with Crippen molar-refractivity contribution in [2.45, 2.75) is 84.2 Å². The molecule has 5 nitrogen and oxygen atoms in total. The summed E-state index contributed by atoms with van der Waals surface area (Å²) in [5, 5.41) is 22.6. The molecule has 10 atom stereocenters. The molecule has 166 valence electrons. The Kier molecular flexibility index (Phi) is 5.19. The second kappa shape index (κ2) is 7.11. The number of aliphatic hydroxyl groups is 2. The Hall–Kier alpha value is -1.30. The van der Waals surface area contributed by atoms with E-state index in [0.29, 0.717) is 11.5 Å². The van der Waals surface area contributed by atoms with E-state index in [1.54, 1.807) is 13.0 Å². The van der Waals surface area contributed by atoms with Crippen LogP contribution in [0.2, 0.25) is 0 Å². The van der Waals surface area contributed by atoms with Crippen LogP contribution in [0.15, 0.2) is 23.3 Å². The SMILES string of the molecule is CC(C)=C[C@H]1O[C@@](C)(C[C@H]2C(=O)C(C)=C[C@@H]2O)[C@@H]2C(=O)[C@H]3[C@@H](CC[C@@H]3C)[C@H](C)[C@@]21O. The van der Waals surface area contributed by atoms with Crippen molar-refractivity contribution < 1.29 is 24.5 Å². The van der Waals surface area contributed by atoms with Crippen LogP contribution in [0.5, 0.6) is 0 Å². The summed E-state index contributed by atoms with van der Waals surface area (Å²) < 4.78 is 6.51. The molecule has 4 rings (SSSR count). The lowest BCUT2D eigenvalue weighted by Crippen LogP contribution is -2.62. The van der Waals surface area contributed by atoms with Gasteiger partial charge in [-0.1, -0.05) is 25.5 Å². The third-order valence-electron chi connectivity index (χ3n) is 8.61. The predicted molar refractivity (Wildman–Crippen MR) is 114 cm³/mol. The molecule has 0 unspecified atom stereocenters. The Morgan fingerprint density at radius 1 is 1.27 bits per heavy atom. The molecule has 3 aliphatic carbocycles. The summed E-state index contributed by atoms with van der Waals surface area (Å²) in [5.41, 5.74) is -0.738. The van der Waals surface area contributed by atoms with Crippen LogP contribution in [0.4, 0.5) is 0 Å². The van der Waals surface area contributed by atoms with Crippen LogP contribution in [0.1, 0.15) is 60.8 Å². The fourth-order valence-electron chi connectivity index (χ4n) is 7.17. The topological polar surface area (TPSA) is 83.8 Å². The van der Waals surface area contributed by atoms with Gasteiger partial charge in [-0.2, -0.15) is 0 Å². The molecule has 0 bridgehead atoms. The smallest absolute Gasteiger partial charge is 0.164 e. The van der Waals surface area contributed by atoms with Gasteiger partial charge < -0.3 is 14.9 Å². The molecule has 4 aliphatic rings. The number of hydrogen-bond acceptors (Lipinski definition) is 5. The molecule has 3 fully saturated rings. The number of allylic oxidation sites excluding steroid dienone is 2. The Morgan fingerprint density at radius 2 is 1.93 bits per heavy atom. The lowest BCUT2D eigenvalue weighted by Gasteiger charge is -2.49. The van der Waals surface area contributed by atoms with E-state index in [9.17, 15) is 19.8 Å². The van der Waals surface area contributed by atoms with Gasteiger partial charge in [-0.05, 0) is 76.4 Å². The van der Waals surface area contributed by atoms with Crippen molar-refractivity contribution in [2.24, 2.45) is 35.5 Å². The number of carbonyl (C=O) groups excluding carboxylic acids is 2. The molecule has 2 saturated carbocycles. The van der Waals surface area contributed by atoms with Crippen LogP contribution < -0.4 is 0 Å². The van der Waals surface area contributed by atoms with Crippen molar-refractivity contribution in [3.05, 3.63) is 23.3 Å². The van der Waals surface area contributed by atoms with E-state index in [2.05, 4.69) is 13.8 Å².